The SMILES string of the molecule is CN=C(NCCS(=O)(=O)NCc1ccccc1)N1CCN(c2cccc(OC)c2)CC1.I. The first-order valence-electron chi connectivity index (χ1n) is 10.4. The zero-order chi connectivity index (χ0) is 22.1. The highest BCUT2D eigenvalue weighted by atomic mass is 127. The Hall–Kier alpha value is -2.05. The fourth-order valence-corrected chi connectivity index (χ4v) is 4.38. The first kappa shape index (κ1) is 26.2. The number of ether oxygens (including phenoxy) is 1. The molecule has 0 aromatic heterocycles. The lowest BCUT2D eigenvalue weighted by atomic mass is 10.2. The molecule has 0 atom stereocenters. The van der Waals surface area contributed by atoms with Gasteiger partial charge >= 0.3 is 0 Å². The van der Waals surface area contributed by atoms with Crippen molar-refractivity contribution >= 4 is 45.6 Å². The minimum absolute atomic E-state index is 0. The van der Waals surface area contributed by atoms with Crippen LogP contribution < -0.4 is 19.7 Å². The van der Waals surface area contributed by atoms with E-state index in [9.17, 15) is 8.42 Å². The van der Waals surface area contributed by atoms with E-state index in [1.54, 1.807) is 14.2 Å². The summed E-state index contributed by atoms with van der Waals surface area (Å²) in [6.45, 7) is 3.90. The molecule has 1 aliphatic rings. The van der Waals surface area contributed by atoms with E-state index >= 15 is 0 Å². The van der Waals surface area contributed by atoms with Crippen LogP contribution in [0.25, 0.3) is 0 Å². The van der Waals surface area contributed by atoms with Crippen LogP contribution in [0.4, 0.5) is 5.69 Å². The molecule has 0 amide bonds. The second-order valence-corrected chi connectivity index (χ2v) is 9.20. The third-order valence-corrected chi connectivity index (χ3v) is 6.53. The number of benzene rings is 2. The van der Waals surface area contributed by atoms with Crippen LogP contribution in [0.5, 0.6) is 5.75 Å². The molecule has 0 radical (unpaired) electrons. The van der Waals surface area contributed by atoms with Crippen molar-refractivity contribution in [1.82, 2.24) is 14.9 Å². The van der Waals surface area contributed by atoms with Crippen LogP contribution in [-0.2, 0) is 16.6 Å². The summed E-state index contributed by atoms with van der Waals surface area (Å²) in [5.74, 6) is 1.56. The summed E-state index contributed by atoms with van der Waals surface area (Å²) in [5.41, 5.74) is 2.07. The average molecular weight is 574 g/mol. The number of sulfonamides is 1. The number of piperazine rings is 1. The van der Waals surface area contributed by atoms with E-state index in [1.165, 1.54) is 0 Å². The standard InChI is InChI=1S/C22H31N5O3S.HI/c1-23-22(24-11-16-31(28,29)25-18-19-7-4-3-5-8-19)27-14-12-26(13-15-27)20-9-6-10-21(17-20)30-2;/h3-10,17,25H,11-16,18H2,1-2H3,(H,23,24);1H. The lowest BCUT2D eigenvalue weighted by Crippen LogP contribution is -2.53. The molecule has 8 nitrogen and oxygen atoms in total. The number of hydrogen-bond acceptors (Lipinski definition) is 5. The van der Waals surface area contributed by atoms with Gasteiger partial charge in [0.15, 0.2) is 5.96 Å². The van der Waals surface area contributed by atoms with Crippen LogP contribution in [0.3, 0.4) is 0 Å². The van der Waals surface area contributed by atoms with E-state index in [0.29, 0.717) is 13.1 Å². The number of anilines is 1. The van der Waals surface area contributed by atoms with Gasteiger partial charge in [0.05, 0.1) is 12.9 Å². The predicted octanol–water partition coefficient (Wildman–Crippen LogP) is 2.13. The Balaban J connectivity index is 0.00000363. The largest absolute Gasteiger partial charge is 0.497 e. The third-order valence-electron chi connectivity index (χ3n) is 5.20. The molecule has 3 rings (SSSR count). The fraction of sp³-hybridized carbons (Fsp3) is 0.409. The van der Waals surface area contributed by atoms with Crippen LogP contribution in [-0.4, -0.2) is 71.9 Å². The summed E-state index contributed by atoms with van der Waals surface area (Å²) >= 11 is 0. The maximum absolute atomic E-state index is 12.3. The van der Waals surface area contributed by atoms with Crippen molar-refractivity contribution in [2.75, 3.05) is 57.5 Å². The molecule has 1 fully saturated rings. The minimum atomic E-state index is -3.37. The quantitative estimate of drug-likeness (QED) is 0.286. The van der Waals surface area contributed by atoms with Gasteiger partial charge in [0.25, 0.3) is 0 Å². The average Bonchev–Trinajstić information content (AvgIpc) is 2.81. The van der Waals surface area contributed by atoms with Crippen molar-refractivity contribution in [1.29, 1.82) is 0 Å². The highest BCUT2D eigenvalue weighted by molar-refractivity contribution is 14.0. The van der Waals surface area contributed by atoms with Gasteiger partial charge in [0.1, 0.15) is 5.75 Å². The van der Waals surface area contributed by atoms with Crippen molar-refractivity contribution in [2.24, 2.45) is 4.99 Å². The number of nitrogens with one attached hydrogen (secondary N) is 2. The molecule has 2 aromatic rings. The normalized spacial score (nSPS) is 14.6. The first-order chi connectivity index (χ1) is 15.0. The van der Waals surface area contributed by atoms with Crippen LogP contribution in [0, 0.1) is 0 Å². The van der Waals surface area contributed by atoms with Gasteiger partial charge in [-0.2, -0.15) is 0 Å². The van der Waals surface area contributed by atoms with E-state index in [4.69, 9.17) is 4.74 Å². The molecule has 10 heteroatoms. The number of halogens is 1. The molecule has 176 valence electrons. The molecule has 0 bridgehead atoms. The van der Waals surface area contributed by atoms with Gasteiger partial charge in [-0.15, -0.1) is 24.0 Å². The molecule has 0 aliphatic carbocycles. The number of nitrogens with zero attached hydrogens (tertiary/aromatic N) is 3. The number of methoxy groups -OCH3 is 1. The zero-order valence-electron chi connectivity index (χ0n) is 18.5. The summed E-state index contributed by atoms with van der Waals surface area (Å²) in [4.78, 5) is 8.79. The monoisotopic (exact) mass is 573 g/mol. The highest BCUT2D eigenvalue weighted by Gasteiger charge is 2.20. The van der Waals surface area contributed by atoms with E-state index in [-0.39, 0.29) is 29.7 Å². The molecule has 2 aromatic carbocycles. The Morgan fingerprint density at radius 1 is 1.06 bits per heavy atom. The van der Waals surface area contributed by atoms with Gasteiger partial charge < -0.3 is 19.9 Å². The topological polar surface area (TPSA) is 86.3 Å². The summed E-state index contributed by atoms with van der Waals surface area (Å²) in [6, 6.07) is 17.5. The van der Waals surface area contributed by atoms with Gasteiger partial charge in [0.2, 0.25) is 10.0 Å². The van der Waals surface area contributed by atoms with Crippen LogP contribution in [0.2, 0.25) is 0 Å². The van der Waals surface area contributed by atoms with E-state index in [0.717, 1.165) is 49.1 Å². The fourth-order valence-electron chi connectivity index (χ4n) is 3.47. The number of rotatable bonds is 8. The van der Waals surface area contributed by atoms with Crippen molar-refractivity contribution in [3.8, 4) is 5.75 Å². The van der Waals surface area contributed by atoms with Crippen molar-refractivity contribution in [2.45, 2.75) is 6.54 Å². The molecule has 0 saturated carbocycles. The second kappa shape index (κ2) is 12.9. The molecule has 2 N–H and O–H groups in total. The van der Waals surface area contributed by atoms with Gasteiger partial charge in [0, 0.05) is 58.1 Å². The third kappa shape index (κ3) is 7.82. The Kier molecular flexibility index (Phi) is 10.5. The van der Waals surface area contributed by atoms with E-state index in [2.05, 4.69) is 30.9 Å². The number of aliphatic imine (C=N–C) groups is 1. The van der Waals surface area contributed by atoms with Gasteiger partial charge in [-0.3, -0.25) is 4.99 Å². The number of guanidine groups is 1. The summed E-state index contributed by atoms with van der Waals surface area (Å²) in [7, 11) is 0.0200. The summed E-state index contributed by atoms with van der Waals surface area (Å²) in [6.07, 6.45) is 0. The Labute approximate surface area is 208 Å². The Morgan fingerprint density at radius 2 is 1.78 bits per heavy atom. The Bertz CT molecular complexity index is 965. The number of hydrogen-bond donors (Lipinski definition) is 2. The van der Waals surface area contributed by atoms with Crippen molar-refractivity contribution in [3.63, 3.8) is 0 Å². The summed E-state index contributed by atoms with van der Waals surface area (Å²) in [5, 5.41) is 3.18. The van der Waals surface area contributed by atoms with Crippen molar-refractivity contribution in [3.05, 3.63) is 60.2 Å². The molecule has 1 aliphatic heterocycles. The second-order valence-electron chi connectivity index (χ2n) is 7.28. The minimum Gasteiger partial charge on any atom is -0.497 e. The van der Waals surface area contributed by atoms with Crippen molar-refractivity contribution < 1.29 is 13.2 Å². The Morgan fingerprint density at radius 3 is 2.44 bits per heavy atom. The predicted molar refractivity (Wildman–Crippen MR) is 141 cm³/mol. The molecule has 0 spiro atoms. The summed E-state index contributed by atoms with van der Waals surface area (Å²) < 4.78 is 32.5. The molecular weight excluding hydrogens is 541 g/mol. The smallest absolute Gasteiger partial charge is 0.213 e. The van der Waals surface area contributed by atoms with Crippen LogP contribution in [0.15, 0.2) is 59.6 Å². The van der Waals surface area contributed by atoms with Gasteiger partial charge in [-0.25, -0.2) is 13.1 Å². The lowest BCUT2D eigenvalue weighted by Gasteiger charge is -2.37. The molecule has 0 unspecified atom stereocenters. The zero-order valence-corrected chi connectivity index (χ0v) is 21.7. The van der Waals surface area contributed by atoms with Crippen LogP contribution >= 0.6 is 24.0 Å². The van der Waals surface area contributed by atoms with E-state index in [1.807, 2.05) is 48.5 Å². The van der Waals surface area contributed by atoms with Gasteiger partial charge in [-0.1, -0.05) is 36.4 Å². The van der Waals surface area contributed by atoms with E-state index < -0.39 is 10.0 Å². The van der Waals surface area contributed by atoms with Crippen LogP contribution in [0.1, 0.15) is 5.56 Å². The molecule has 32 heavy (non-hydrogen) atoms. The lowest BCUT2D eigenvalue weighted by molar-refractivity contribution is 0.373. The maximum Gasteiger partial charge on any atom is 0.213 e. The first-order valence-corrected chi connectivity index (χ1v) is 12.0. The molecule has 1 saturated heterocycles. The molecule has 1 heterocycles. The highest BCUT2D eigenvalue weighted by Crippen LogP contribution is 2.22. The molecular formula is C22H32IN5O3S. The van der Waals surface area contributed by atoms with Gasteiger partial charge in [-0.05, 0) is 17.7 Å². The maximum atomic E-state index is 12.3.